The van der Waals surface area contributed by atoms with E-state index in [1.54, 1.807) is 42.5 Å². The molecule has 5 nitrogen and oxygen atoms in total. The Morgan fingerprint density at radius 3 is 2.48 bits per heavy atom. The second-order valence-electron chi connectivity index (χ2n) is 6.52. The number of hydrogen-bond donors (Lipinski definition) is 2. The third kappa shape index (κ3) is 5.37. The quantitative estimate of drug-likeness (QED) is 0.788. The Morgan fingerprint density at radius 1 is 1.04 bits per heavy atom. The fourth-order valence-electron chi connectivity index (χ4n) is 3.03. The van der Waals surface area contributed by atoms with Crippen LogP contribution in [0.2, 0.25) is 0 Å². The molecule has 3 rings (SSSR count). The molecule has 0 radical (unpaired) electrons. The van der Waals surface area contributed by atoms with Gasteiger partial charge in [0.05, 0.1) is 6.10 Å². The van der Waals surface area contributed by atoms with Crippen LogP contribution in [0.15, 0.2) is 48.5 Å². The Balaban J connectivity index is 1.51. The summed E-state index contributed by atoms with van der Waals surface area (Å²) in [5, 5.41) is 5.60. The fraction of sp³-hybridized carbons (Fsp3) is 0.333. The van der Waals surface area contributed by atoms with E-state index in [0.717, 1.165) is 19.4 Å². The summed E-state index contributed by atoms with van der Waals surface area (Å²) < 4.78 is 19.1. The minimum atomic E-state index is -0.292. The molecule has 0 saturated carbocycles. The topological polar surface area (TPSA) is 67.4 Å². The maximum absolute atomic E-state index is 13.6. The standard InChI is InChI=1S/C21H23FN2O3/c22-19-9-2-1-5-15(19)10-11-23-20(25)16-6-3-7-17(13-16)21(26)24-14-18-8-4-12-27-18/h1-3,5-7,9,13,18H,4,8,10-12,14H2,(H,23,25)(H,24,26). The Kier molecular flexibility index (Phi) is 6.54. The molecule has 1 atom stereocenters. The maximum atomic E-state index is 13.6. The Hall–Kier alpha value is -2.73. The van der Waals surface area contributed by atoms with Gasteiger partial charge in [-0.25, -0.2) is 4.39 Å². The first-order chi connectivity index (χ1) is 13.1. The minimum absolute atomic E-state index is 0.0683. The molecule has 6 heteroatoms. The van der Waals surface area contributed by atoms with Crippen LogP contribution in [-0.2, 0) is 11.2 Å². The number of nitrogens with one attached hydrogen (secondary N) is 2. The number of benzene rings is 2. The average molecular weight is 370 g/mol. The van der Waals surface area contributed by atoms with Crippen molar-refractivity contribution in [3.8, 4) is 0 Å². The third-order valence-corrected chi connectivity index (χ3v) is 4.54. The number of ether oxygens (including phenoxy) is 1. The number of halogens is 1. The Bertz CT molecular complexity index is 804. The van der Waals surface area contributed by atoms with Crippen molar-refractivity contribution in [2.24, 2.45) is 0 Å². The third-order valence-electron chi connectivity index (χ3n) is 4.54. The molecule has 0 spiro atoms. The van der Waals surface area contributed by atoms with Crippen LogP contribution in [0.25, 0.3) is 0 Å². The highest BCUT2D eigenvalue weighted by Crippen LogP contribution is 2.11. The molecule has 1 aliphatic heterocycles. The molecule has 1 saturated heterocycles. The van der Waals surface area contributed by atoms with Gasteiger partial charge in [0.15, 0.2) is 0 Å². The summed E-state index contributed by atoms with van der Waals surface area (Å²) in [5.74, 6) is -0.803. The summed E-state index contributed by atoms with van der Waals surface area (Å²) in [5.41, 5.74) is 1.38. The first kappa shape index (κ1) is 19.0. The van der Waals surface area contributed by atoms with Gasteiger partial charge in [-0.05, 0) is 49.1 Å². The highest BCUT2D eigenvalue weighted by molar-refractivity contribution is 5.99. The van der Waals surface area contributed by atoms with Crippen molar-refractivity contribution in [3.05, 3.63) is 71.0 Å². The molecule has 0 aliphatic carbocycles. The van der Waals surface area contributed by atoms with Gasteiger partial charge in [-0.2, -0.15) is 0 Å². The summed E-state index contributed by atoms with van der Waals surface area (Å²) in [6.07, 6.45) is 2.44. The van der Waals surface area contributed by atoms with E-state index < -0.39 is 0 Å². The number of carbonyl (C=O) groups excluding carboxylic acids is 2. The second-order valence-corrected chi connectivity index (χ2v) is 6.52. The van der Waals surface area contributed by atoms with Crippen molar-refractivity contribution in [2.75, 3.05) is 19.7 Å². The van der Waals surface area contributed by atoms with Gasteiger partial charge in [0, 0.05) is 30.8 Å². The smallest absolute Gasteiger partial charge is 0.251 e. The van der Waals surface area contributed by atoms with Gasteiger partial charge in [0.25, 0.3) is 11.8 Å². The van der Waals surface area contributed by atoms with Gasteiger partial charge in [-0.15, -0.1) is 0 Å². The predicted molar refractivity (Wildman–Crippen MR) is 100 cm³/mol. The van der Waals surface area contributed by atoms with Gasteiger partial charge < -0.3 is 15.4 Å². The van der Waals surface area contributed by atoms with Crippen LogP contribution in [-0.4, -0.2) is 37.6 Å². The zero-order valence-electron chi connectivity index (χ0n) is 15.0. The van der Waals surface area contributed by atoms with E-state index in [4.69, 9.17) is 4.74 Å². The maximum Gasteiger partial charge on any atom is 0.251 e. The molecule has 2 amide bonds. The lowest BCUT2D eigenvalue weighted by molar-refractivity contribution is 0.0857. The van der Waals surface area contributed by atoms with Gasteiger partial charge in [-0.1, -0.05) is 24.3 Å². The first-order valence-electron chi connectivity index (χ1n) is 9.15. The van der Waals surface area contributed by atoms with Crippen molar-refractivity contribution in [2.45, 2.75) is 25.4 Å². The van der Waals surface area contributed by atoms with E-state index in [0.29, 0.717) is 36.2 Å². The molecule has 1 heterocycles. The lowest BCUT2D eigenvalue weighted by Gasteiger charge is -2.11. The molecule has 2 N–H and O–H groups in total. The molecule has 2 aromatic carbocycles. The van der Waals surface area contributed by atoms with Crippen molar-refractivity contribution < 1.29 is 18.7 Å². The highest BCUT2D eigenvalue weighted by Gasteiger charge is 2.17. The number of rotatable bonds is 7. The summed E-state index contributed by atoms with van der Waals surface area (Å²) >= 11 is 0. The lowest BCUT2D eigenvalue weighted by atomic mass is 10.1. The zero-order valence-corrected chi connectivity index (χ0v) is 15.0. The van der Waals surface area contributed by atoms with Gasteiger partial charge in [0.2, 0.25) is 0 Å². The molecule has 2 aromatic rings. The van der Waals surface area contributed by atoms with Crippen molar-refractivity contribution in [3.63, 3.8) is 0 Å². The predicted octanol–water partition coefficient (Wildman–Crippen LogP) is 2.71. The zero-order chi connectivity index (χ0) is 19.1. The van der Waals surface area contributed by atoms with Crippen molar-refractivity contribution in [1.29, 1.82) is 0 Å². The first-order valence-corrected chi connectivity index (χ1v) is 9.15. The molecular formula is C21H23FN2O3. The van der Waals surface area contributed by atoms with Crippen LogP contribution in [0.5, 0.6) is 0 Å². The highest BCUT2D eigenvalue weighted by atomic mass is 19.1. The number of carbonyl (C=O) groups is 2. The van der Waals surface area contributed by atoms with Crippen molar-refractivity contribution in [1.82, 2.24) is 10.6 Å². The molecule has 0 aromatic heterocycles. The number of amides is 2. The second kappa shape index (κ2) is 9.28. The average Bonchev–Trinajstić information content (AvgIpc) is 3.21. The number of hydrogen-bond acceptors (Lipinski definition) is 3. The van der Waals surface area contributed by atoms with Gasteiger partial charge in [-0.3, -0.25) is 9.59 Å². The Morgan fingerprint density at radius 2 is 1.78 bits per heavy atom. The van der Waals surface area contributed by atoms with Crippen LogP contribution in [0.3, 0.4) is 0 Å². The van der Waals surface area contributed by atoms with Crippen LogP contribution < -0.4 is 10.6 Å². The Labute approximate surface area is 157 Å². The van der Waals surface area contributed by atoms with Crippen LogP contribution in [0.1, 0.15) is 39.1 Å². The van der Waals surface area contributed by atoms with E-state index in [2.05, 4.69) is 10.6 Å². The molecule has 142 valence electrons. The monoisotopic (exact) mass is 370 g/mol. The van der Waals surface area contributed by atoms with Gasteiger partial charge in [0.1, 0.15) is 5.82 Å². The van der Waals surface area contributed by atoms with E-state index in [-0.39, 0.29) is 23.7 Å². The largest absolute Gasteiger partial charge is 0.376 e. The summed E-state index contributed by atoms with van der Waals surface area (Å²) in [6, 6.07) is 13.0. The molecular weight excluding hydrogens is 347 g/mol. The lowest BCUT2D eigenvalue weighted by Crippen LogP contribution is -2.32. The summed E-state index contributed by atoms with van der Waals surface area (Å²) in [4.78, 5) is 24.6. The van der Waals surface area contributed by atoms with E-state index in [1.807, 2.05) is 0 Å². The molecule has 0 bridgehead atoms. The SMILES string of the molecule is O=C(NCCc1ccccc1F)c1cccc(C(=O)NCC2CCCO2)c1. The summed E-state index contributed by atoms with van der Waals surface area (Å²) in [7, 11) is 0. The van der Waals surface area contributed by atoms with Crippen LogP contribution in [0.4, 0.5) is 4.39 Å². The van der Waals surface area contributed by atoms with E-state index in [1.165, 1.54) is 6.07 Å². The molecule has 27 heavy (non-hydrogen) atoms. The minimum Gasteiger partial charge on any atom is -0.376 e. The normalized spacial score (nSPS) is 16.1. The van der Waals surface area contributed by atoms with Crippen molar-refractivity contribution >= 4 is 11.8 Å². The molecule has 1 aliphatic rings. The fourth-order valence-corrected chi connectivity index (χ4v) is 3.03. The van der Waals surface area contributed by atoms with Gasteiger partial charge >= 0.3 is 0 Å². The molecule has 1 fully saturated rings. The van der Waals surface area contributed by atoms with E-state index >= 15 is 0 Å². The summed E-state index contributed by atoms with van der Waals surface area (Å²) in [6.45, 7) is 1.52. The van der Waals surface area contributed by atoms with Crippen LogP contribution >= 0.6 is 0 Å². The van der Waals surface area contributed by atoms with Crippen LogP contribution in [0, 0.1) is 5.82 Å². The molecule has 1 unspecified atom stereocenters. The van der Waals surface area contributed by atoms with E-state index in [9.17, 15) is 14.0 Å².